The third-order valence-corrected chi connectivity index (χ3v) is 4.59. The predicted molar refractivity (Wildman–Crippen MR) is 71.8 cm³/mol. The molecule has 0 aliphatic carbocycles. The molecule has 0 unspecified atom stereocenters. The second kappa shape index (κ2) is 6.20. The molecule has 0 bridgehead atoms. The number of carbonyl (C=O) groups is 1. The number of aliphatic carboxylic acids is 1. The van der Waals surface area contributed by atoms with Gasteiger partial charge < -0.3 is 5.11 Å². The van der Waals surface area contributed by atoms with Crippen molar-refractivity contribution in [3.05, 3.63) is 33.9 Å². The van der Waals surface area contributed by atoms with Crippen molar-refractivity contribution in [2.45, 2.75) is 22.0 Å². The second-order valence-corrected chi connectivity index (χ2v) is 6.29. The average molecular weight is 355 g/mol. The average Bonchev–Trinajstić information content (AvgIpc) is 2.77. The van der Waals surface area contributed by atoms with Gasteiger partial charge in [-0.1, -0.05) is 11.6 Å². The summed E-state index contributed by atoms with van der Waals surface area (Å²) in [6, 6.07) is 0.794. The fourth-order valence-electron chi connectivity index (χ4n) is 1.31. The zero-order valence-corrected chi connectivity index (χ0v) is 12.4. The summed E-state index contributed by atoms with van der Waals surface area (Å²) < 4.78 is 37.9. The fourth-order valence-corrected chi connectivity index (χ4v) is 3.30. The van der Waals surface area contributed by atoms with Gasteiger partial charge in [-0.2, -0.15) is 13.2 Å². The lowest BCUT2D eigenvalue weighted by atomic mass is 10.3. The van der Waals surface area contributed by atoms with Crippen molar-refractivity contribution >= 4 is 40.7 Å². The predicted octanol–water partition coefficient (Wildman–Crippen LogP) is 3.99. The van der Waals surface area contributed by atoms with Crippen LogP contribution in [0.1, 0.15) is 11.3 Å². The van der Waals surface area contributed by atoms with Crippen LogP contribution < -0.4 is 0 Å². The summed E-state index contributed by atoms with van der Waals surface area (Å²) in [6.07, 6.45) is -4.03. The summed E-state index contributed by atoms with van der Waals surface area (Å²) in [6.45, 7) is 0. The highest BCUT2D eigenvalue weighted by atomic mass is 35.5. The number of thiazole rings is 1. The summed E-state index contributed by atoms with van der Waals surface area (Å²) in [5.41, 5.74) is -0.555. The number of halogens is 4. The van der Waals surface area contributed by atoms with E-state index in [-0.39, 0.29) is 16.5 Å². The van der Waals surface area contributed by atoms with Gasteiger partial charge in [-0.25, -0.2) is 9.97 Å². The minimum Gasteiger partial charge on any atom is -0.481 e. The van der Waals surface area contributed by atoms with E-state index in [0.29, 0.717) is 16.2 Å². The minimum absolute atomic E-state index is 0.134. The van der Waals surface area contributed by atoms with E-state index >= 15 is 0 Å². The molecule has 4 nitrogen and oxygen atoms in total. The maximum Gasteiger partial charge on any atom is 0.417 e. The molecule has 112 valence electrons. The quantitative estimate of drug-likeness (QED) is 0.899. The van der Waals surface area contributed by atoms with Crippen LogP contribution in [-0.2, 0) is 17.4 Å². The molecule has 0 amide bonds. The Morgan fingerprint density at radius 2 is 2.19 bits per heavy atom. The maximum absolute atomic E-state index is 12.5. The molecule has 0 spiro atoms. The summed E-state index contributed by atoms with van der Waals surface area (Å²) in [7, 11) is 0. The molecule has 0 radical (unpaired) electrons. The molecule has 2 aromatic rings. The lowest BCUT2D eigenvalue weighted by Crippen LogP contribution is -2.05. The molecular formula is C11H6ClF3N2O2S2. The molecule has 21 heavy (non-hydrogen) atoms. The Hall–Kier alpha value is -1.32. The monoisotopic (exact) mass is 354 g/mol. The Balaban J connectivity index is 2.16. The maximum atomic E-state index is 12.5. The number of carboxylic acid groups (broad SMARTS) is 1. The first-order chi connectivity index (χ1) is 9.75. The van der Waals surface area contributed by atoms with Gasteiger partial charge in [-0.3, -0.25) is 4.79 Å². The third-order valence-electron chi connectivity index (χ3n) is 2.18. The molecule has 0 aliphatic heterocycles. The summed E-state index contributed by atoms with van der Waals surface area (Å²) in [4.78, 5) is 18.2. The lowest BCUT2D eigenvalue weighted by Gasteiger charge is -2.07. The van der Waals surface area contributed by atoms with Gasteiger partial charge in [0.2, 0.25) is 0 Å². The number of nitrogens with zero attached hydrogens (tertiary/aromatic N) is 2. The SMILES string of the molecule is O=C(O)Cc1csc(Sc2ncc(C(F)(F)F)cc2Cl)n1. The summed E-state index contributed by atoms with van der Waals surface area (Å²) in [5, 5.41) is 10.2. The van der Waals surface area contributed by atoms with Crippen molar-refractivity contribution in [3.8, 4) is 0 Å². The Kier molecular flexibility index (Phi) is 4.74. The fraction of sp³-hybridized carbons (Fsp3) is 0.182. The zero-order chi connectivity index (χ0) is 15.6. The van der Waals surface area contributed by atoms with Gasteiger partial charge in [0.15, 0.2) is 4.34 Å². The Morgan fingerprint density at radius 1 is 1.48 bits per heavy atom. The van der Waals surface area contributed by atoms with Crippen molar-refractivity contribution in [1.29, 1.82) is 0 Å². The van der Waals surface area contributed by atoms with Crippen LogP contribution in [0.4, 0.5) is 13.2 Å². The number of rotatable bonds is 4. The van der Waals surface area contributed by atoms with Crippen LogP contribution in [0.2, 0.25) is 5.02 Å². The van der Waals surface area contributed by atoms with E-state index in [4.69, 9.17) is 16.7 Å². The van der Waals surface area contributed by atoms with E-state index in [2.05, 4.69) is 9.97 Å². The van der Waals surface area contributed by atoms with E-state index in [1.165, 1.54) is 11.3 Å². The van der Waals surface area contributed by atoms with E-state index in [0.717, 1.165) is 17.8 Å². The highest BCUT2D eigenvalue weighted by Crippen LogP contribution is 2.37. The number of hydrogen-bond donors (Lipinski definition) is 1. The summed E-state index contributed by atoms with van der Waals surface area (Å²) in [5.74, 6) is -1.01. The van der Waals surface area contributed by atoms with E-state index in [1.807, 2.05) is 0 Å². The standard InChI is InChI=1S/C11H6ClF3N2O2S2/c12-7-1-5(11(13,14)15)3-16-9(7)21-10-17-6(4-20-10)2-8(18)19/h1,3-4H,2H2,(H,18,19). The van der Waals surface area contributed by atoms with Crippen molar-refractivity contribution in [2.24, 2.45) is 0 Å². The number of aromatic nitrogens is 2. The van der Waals surface area contributed by atoms with Crippen molar-refractivity contribution in [2.75, 3.05) is 0 Å². The van der Waals surface area contributed by atoms with Gasteiger partial charge in [-0.15, -0.1) is 11.3 Å². The highest BCUT2D eigenvalue weighted by Gasteiger charge is 2.31. The van der Waals surface area contributed by atoms with Gasteiger partial charge >= 0.3 is 12.1 Å². The molecular weight excluding hydrogens is 349 g/mol. The molecule has 0 fully saturated rings. The Bertz CT molecular complexity index is 676. The van der Waals surface area contributed by atoms with Crippen LogP contribution in [0.15, 0.2) is 27.0 Å². The third kappa shape index (κ3) is 4.32. The molecule has 2 heterocycles. The van der Waals surface area contributed by atoms with E-state index < -0.39 is 17.7 Å². The van der Waals surface area contributed by atoms with Gasteiger partial charge in [-0.05, 0) is 17.8 Å². The van der Waals surface area contributed by atoms with Gasteiger partial charge in [0, 0.05) is 11.6 Å². The van der Waals surface area contributed by atoms with Crippen LogP contribution in [0.3, 0.4) is 0 Å². The minimum atomic E-state index is -4.50. The zero-order valence-electron chi connectivity index (χ0n) is 10.0. The number of pyridine rings is 1. The molecule has 10 heteroatoms. The smallest absolute Gasteiger partial charge is 0.417 e. The largest absolute Gasteiger partial charge is 0.481 e. The van der Waals surface area contributed by atoms with E-state index in [9.17, 15) is 18.0 Å². The van der Waals surface area contributed by atoms with Gasteiger partial charge in [0.05, 0.1) is 22.7 Å². The molecule has 0 atom stereocenters. The first kappa shape index (κ1) is 16.1. The van der Waals surface area contributed by atoms with Crippen LogP contribution in [0.5, 0.6) is 0 Å². The second-order valence-electron chi connectivity index (χ2n) is 3.79. The molecule has 0 aromatic carbocycles. The molecule has 0 aliphatic rings. The first-order valence-corrected chi connectivity index (χ1v) is 7.40. The van der Waals surface area contributed by atoms with Gasteiger partial charge in [0.25, 0.3) is 0 Å². The van der Waals surface area contributed by atoms with Crippen LogP contribution in [0.25, 0.3) is 0 Å². The van der Waals surface area contributed by atoms with Crippen molar-refractivity contribution in [1.82, 2.24) is 9.97 Å². The first-order valence-electron chi connectivity index (χ1n) is 5.32. The molecule has 2 rings (SSSR count). The number of hydrogen-bond acceptors (Lipinski definition) is 5. The van der Waals surface area contributed by atoms with Gasteiger partial charge in [0.1, 0.15) is 5.03 Å². The number of alkyl halides is 3. The molecule has 0 saturated heterocycles. The highest BCUT2D eigenvalue weighted by molar-refractivity contribution is 8.01. The topological polar surface area (TPSA) is 63.1 Å². The normalized spacial score (nSPS) is 11.6. The Labute approximate surface area is 130 Å². The van der Waals surface area contributed by atoms with Crippen LogP contribution >= 0.6 is 34.7 Å². The molecule has 2 aromatic heterocycles. The van der Waals surface area contributed by atoms with E-state index in [1.54, 1.807) is 5.38 Å². The lowest BCUT2D eigenvalue weighted by molar-refractivity contribution is -0.138. The number of carboxylic acids is 1. The molecule has 0 saturated carbocycles. The van der Waals surface area contributed by atoms with Crippen molar-refractivity contribution in [3.63, 3.8) is 0 Å². The van der Waals surface area contributed by atoms with Crippen LogP contribution in [-0.4, -0.2) is 21.0 Å². The van der Waals surface area contributed by atoms with Crippen molar-refractivity contribution < 1.29 is 23.1 Å². The summed E-state index contributed by atoms with van der Waals surface area (Å²) >= 11 is 7.93. The Morgan fingerprint density at radius 3 is 2.76 bits per heavy atom. The van der Waals surface area contributed by atoms with Crippen LogP contribution in [0, 0.1) is 0 Å². The molecule has 1 N–H and O–H groups in total.